The Kier molecular flexibility index (Phi) is 3.86. The molecule has 1 atom stereocenters. The summed E-state index contributed by atoms with van der Waals surface area (Å²) in [5.41, 5.74) is 3.24. The summed E-state index contributed by atoms with van der Waals surface area (Å²) in [5.74, 6) is 0.813. The number of fused-ring (bicyclic) bond motifs is 1. The molecule has 3 heterocycles. The van der Waals surface area contributed by atoms with Gasteiger partial charge in [0.1, 0.15) is 11.3 Å². The molecule has 1 aliphatic heterocycles. The third kappa shape index (κ3) is 3.14. The highest BCUT2D eigenvalue weighted by atomic mass is 16.7. The standard InChI is InChI=1S/C18H17N3O2/c1-2-11-22-17(5-1)23-14-8-6-13(7-9-14)16-12-20-15-4-3-10-19-18(15)21-16/h3-4,6-10,12,17H,1-2,5,11H2. The molecule has 23 heavy (non-hydrogen) atoms. The number of rotatable bonds is 3. The van der Waals surface area contributed by atoms with Gasteiger partial charge in [0, 0.05) is 18.2 Å². The van der Waals surface area contributed by atoms with E-state index in [1.807, 2.05) is 36.4 Å². The molecule has 4 rings (SSSR count). The largest absolute Gasteiger partial charge is 0.465 e. The molecule has 2 aromatic heterocycles. The van der Waals surface area contributed by atoms with Crippen molar-refractivity contribution in [1.29, 1.82) is 0 Å². The Bertz CT molecular complexity index is 799. The van der Waals surface area contributed by atoms with Gasteiger partial charge >= 0.3 is 0 Å². The highest BCUT2D eigenvalue weighted by Crippen LogP contribution is 2.24. The van der Waals surface area contributed by atoms with Gasteiger partial charge in [-0.1, -0.05) is 0 Å². The Morgan fingerprint density at radius 1 is 1.04 bits per heavy atom. The Morgan fingerprint density at radius 2 is 1.96 bits per heavy atom. The molecule has 0 saturated carbocycles. The molecule has 0 amide bonds. The second-order valence-electron chi connectivity index (χ2n) is 5.54. The van der Waals surface area contributed by atoms with Crippen LogP contribution >= 0.6 is 0 Å². The van der Waals surface area contributed by atoms with Gasteiger partial charge in [0.25, 0.3) is 0 Å². The SMILES string of the molecule is c1cnc2nc(-c3ccc(OC4CCCCO4)cc3)cnc2c1. The molecular weight excluding hydrogens is 290 g/mol. The number of pyridine rings is 1. The van der Waals surface area contributed by atoms with Gasteiger partial charge in [-0.15, -0.1) is 0 Å². The molecule has 0 radical (unpaired) electrons. The fourth-order valence-electron chi connectivity index (χ4n) is 2.65. The van der Waals surface area contributed by atoms with Crippen LogP contribution in [0, 0.1) is 0 Å². The van der Waals surface area contributed by atoms with Gasteiger partial charge in [0.2, 0.25) is 0 Å². The van der Waals surface area contributed by atoms with Gasteiger partial charge in [0.15, 0.2) is 11.9 Å². The molecule has 1 unspecified atom stereocenters. The van der Waals surface area contributed by atoms with E-state index >= 15 is 0 Å². The van der Waals surface area contributed by atoms with Crippen molar-refractivity contribution < 1.29 is 9.47 Å². The predicted octanol–water partition coefficient (Wildman–Crippen LogP) is 3.60. The lowest BCUT2D eigenvalue weighted by Crippen LogP contribution is -2.24. The second kappa shape index (κ2) is 6.30. The maximum Gasteiger partial charge on any atom is 0.199 e. The van der Waals surface area contributed by atoms with Crippen molar-refractivity contribution in [2.24, 2.45) is 0 Å². The lowest BCUT2D eigenvalue weighted by atomic mass is 10.1. The van der Waals surface area contributed by atoms with Crippen LogP contribution in [0.15, 0.2) is 48.8 Å². The summed E-state index contributed by atoms with van der Waals surface area (Å²) in [6.45, 7) is 0.780. The Morgan fingerprint density at radius 3 is 2.78 bits per heavy atom. The van der Waals surface area contributed by atoms with Gasteiger partial charge in [-0.05, 0) is 49.2 Å². The number of hydrogen-bond acceptors (Lipinski definition) is 5. The molecule has 1 aromatic carbocycles. The zero-order chi connectivity index (χ0) is 15.5. The van der Waals surface area contributed by atoms with Crippen molar-refractivity contribution in [2.45, 2.75) is 25.6 Å². The maximum absolute atomic E-state index is 5.85. The van der Waals surface area contributed by atoms with E-state index < -0.39 is 0 Å². The van der Waals surface area contributed by atoms with Crippen molar-refractivity contribution in [1.82, 2.24) is 15.0 Å². The topological polar surface area (TPSA) is 57.1 Å². The summed E-state index contributed by atoms with van der Waals surface area (Å²) < 4.78 is 11.4. The van der Waals surface area contributed by atoms with Crippen molar-refractivity contribution in [3.05, 3.63) is 48.8 Å². The Balaban J connectivity index is 1.54. The predicted molar refractivity (Wildman–Crippen MR) is 87.0 cm³/mol. The van der Waals surface area contributed by atoms with Crippen molar-refractivity contribution in [3.8, 4) is 17.0 Å². The molecule has 1 aliphatic rings. The molecule has 0 N–H and O–H groups in total. The summed E-state index contributed by atoms with van der Waals surface area (Å²) in [5, 5.41) is 0. The van der Waals surface area contributed by atoms with Crippen LogP contribution in [-0.2, 0) is 4.74 Å². The quantitative estimate of drug-likeness (QED) is 0.740. The summed E-state index contributed by atoms with van der Waals surface area (Å²) in [6.07, 6.45) is 6.59. The minimum absolute atomic E-state index is 0.126. The van der Waals surface area contributed by atoms with Crippen molar-refractivity contribution in [2.75, 3.05) is 6.61 Å². The van der Waals surface area contributed by atoms with Gasteiger partial charge in [-0.3, -0.25) is 4.98 Å². The van der Waals surface area contributed by atoms with Crippen LogP contribution in [-0.4, -0.2) is 27.8 Å². The van der Waals surface area contributed by atoms with Gasteiger partial charge < -0.3 is 9.47 Å². The molecule has 1 fully saturated rings. The summed E-state index contributed by atoms with van der Waals surface area (Å²) >= 11 is 0. The third-order valence-electron chi connectivity index (χ3n) is 3.87. The van der Waals surface area contributed by atoms with Crippen LogP contribution in [0.3, 0.4) is 0 Å². The molecule has 0 spiro atoms. The summed E-state index contributed by atoms with van der Waals surface area (Å²) in [7, 11) is 0. The average Bonchev–Trinajstić information content (AvgIpc) is 2.63. The lowest BCUT2D eigenvalue weighted by Gasteiger charge is -2.23. The molecule has 0 aliphatic carbocycles. The van der Waals surface area contributed by atoms with Crippen LogP contribution < -0.4 is 4.74 Å². The fraction of sp³-hybridized carbons (Fsp3) is 0.278. The van der Waals surface area contributed by atoms with Crippen LogP contribution in [0.2, 0.25) is 0 Å². The highest BCUT2D eigenvalue weighted by Gasteiger charge is 2.15. The van der Waals surface area contributed by atoms with Crippen LogP contribution in [0.5, 0.6) is 5.75 Å². The first kappa shape index (κ1) is 14.1. The molecule has 5 nitrogen and oxygen atoms in total. The molecular formula is C18H17N3O2. The third-order valence-corrected chi connectivity index (χ3v) is 3.87. The normalized spacial score (nSPS) is 18.0. The number of ether oxygens (including phenoxy) is 2. The lowest BCUT2D eigenvalue weighted by molar-refractivity contribution is -0.105. The fourth-order valence-corrected chi connectivity index (χ4v) is 2.65. The van der Waals surface area contributed by atoms with E-state index in [4.69, 9.17) is 9.47 Å². The first-order chi connectivity index (χ1) is 11.4. The zero-order valence-corrected chi connectivity index (χ0v) is 12.7. The molecule has 3 aromatic rings. The smallest absolute Gasteiger partial charge is 0.199 e. The number of nitrogens with zero attached hydrogens (tertiary/aromatic N) is 3. The highest BCUT2D eigenvalue weighted by molar-refractivity contribution is 5.73. The minimum atomic E-state index is -0.126. The van der Waals surface area contributed by atoms with Crippen molar-refractivity contribution >= 4 is 11.2 Å². The van der Waals surface area contributed by atoms with E-state index in [0.717, 1.165) is 48.4 Å². The van der Waals surface area contributed by atoms with E-state index in [0.29, 0.717) is 5.65 Å². The number of hydrogen-bond donors (Lipinski definition) is 0. The van der Waals surface area contributed by atoms with E-state index in [2.05, 4.69) is 15.0 Å². The number of aromatic nitrogens is 3. The first-order valence-electron chi connectivity index (χ1n) is 7.85. The minimum Gasteiger partial charge on any atom is -0.465 e. The maximum atomic E-state index is 5.85. The van der Waals surface area contributed by atoms with E-state index in [1.54, 1.807) is 12.4 Å². The zero-order valence-electron chi connectivity index (χ0n) is 12.7. The van der Waals surface area contributed by atoms with E-state index in [-0.39, 0.29) is 6.29 Å². The second-order valence-corrected chi connectivity index (χ2v) is 5.54. The Hall–Kier alpha value is -2.53. The van der Waals surface area contributed by atoms with Crippen LogP contribution in [0.25, 0.3) is 22.4 Å². The monoisotopic (exact) mass is 307 g/mol. The van der Waals surface area contributed by atoms with Gasteiger partial charge in [0.05, 0.1) is 18.5 Å². The van der Waals surface area contributed by atoms with E-state index in [9.17, 15) is 0 Å². The summed E-state index contributed by atoms with van der Waals surface area (Å²) in [4.78, 5) is 13.2. The van der Waals surface area contributed by atoms with E-state index in [1.165, 1.54) is 0 Å². The van der Waals surface area contributed by atoms with Gasteiger partial charge in [-0.25, -0.2) is 9.97 Å². The molecule has 116 valence electrons. The van der Waals surface area contributed by atoms with Crippen LogP contribution in [0.1, 0.15) is 19.3 Å². The average molecular weight is 307 g/mol. The number of benzene rings is 1. The van der Waals surface area contributed by atoms with Crippen LogP contribution in [0.4, 0.5) is 0 Å². The molecule has 0 bridgehead atoms. The Labute approximate surface area is 134 Å². The van der Waals surface area contributed by atoms with Crippen molar-refractivity contribution in [3.63, 3.8) is 0 Å². The van der Waals surface area contributed by atoms with Gasteiger partial charge in [-0.2, -0.15) is 0 Å². The summed E-state index contributed by atoms with van der Waals surface area (Å²) in [6, 6.07) is 11.6. The first-order valence-corrected chi connectivity index (χ1v) is 7.85. The molecule has 1 saturated heterocycles. The molecule has 5 heteroatoms.